The average Bonchev–Trinajstić information content (AvgIpc) is 2.41. The van der Waals surface area contributed by atoms with Crippen molar-refractivity contribution >= 4 is 21.7 Å². The summed E-state index contributed by atoms with van der Waals surface area (Å²) in [6, 6.07) is 4.08. The molecule has 0 aliphatic heterocycles. The first-order valence-corrected chi connectivity index (χ1v) is 8.40. The lowest BCUT2D eigenvalue weighted by atomic mass is 10.1. The summed E-state index contributed by atoms with van der Waals surface area (Å²) in [5.74, 6) is 0.989. The van der Waals surface area contributed by atoms with Crippen molar-refractivity contribution in [3.8, 4) is 0 Å². The number of pyridine rings is 1. The second kappa shape index (κ2) is 10.2. The number of aryl methyl sites for hydroxylation is 1. The van der Waals surface area contributed by atoms with Gasteiger partial charge in [-0.25, -0.2) is 4.98 Å². The van der Waals surface area contributed by atoms with Crippen LogP contribution in [0.25, 0.3) is 0 Å². The van der Waals surface area contributed by atoms with Gasteiger partial charge < -0.3 is 5.32 Å². The fraction of sp³-hybridized carbons (Fsp3) is 0.688. The van der Waals surface area contributed by atoms with E-state index in [0.29, 0.717) is 0 Å². The second-order valence-electron chi connectivity index (χ2n) is 5.17. The van der Waals surface area contributed by atoms with Gasteiger partial charge in [-0.15, -0.1) is 0 Å². The molecule has 1 N–H and O–H groups in total. The maximum absolute atomic E-state index is 4.48. The minimum atomic E-state index is 0.989. The maximum atomic E-state index is 4.48. The highest BCUT2D eigenvalue weighted by molar-refractivity contribution is 9.10. The molecule has 1 heterocycles. The van der Waals surface area contributed by atoms with E-state index >= 15 is 0 Å². The molecular formula is C16H27BrN2. The molecule has 0 bridgehead atoms. The van der Waals surface area contributed by atoms with Crippen molar-refractivity contribution in [2.75, 3.05) is 11.9 Å². The Morgan fingerprint density at radius 1 is 1.00 bits per heavy atom. The van der Waals surface area contributed by atoms with Crippen molar-refractivity contribution in [1.82, 2.24) is 4.98 Å². The van der Waals surface area contributed by atoms with Crippen molar-refractivity contribution in [3.05, 3.63) is 22.3 Å². The lowest BCUT2D eigenvalue weighted by Gasteiger charge is -2.07. The van der Waals surface area contributed by atoms with Crippen molar-refractivity contribution in [2.24, 2.45) is 0 Å². The molecule has 19 heavy (non-hydrogen) atoms. The van der Waals surface area contributed by atoms with E-state index in [1.807, 2.05) is 13.0 Å². The number of nitrogens with zero attached hydrogens (tertiary/aromatic N) is 1. The van der Waals surface area contributed by atoms with E-state index in [0.717, 1.165) is 22.5 Å². The van der Waals surface area contributed by atoms with E-state index in [4.69, 9.17) is 0 Å². The molecule has 0 amide bonds. The standard InChI is InChI=1S/C16H27BrN2/c1-3-4-5-6-7-8-9-10-13-18-16-12-11-15(17)14(2)19-16/h11-12H,3-10,13H2,1-2H3,(H,18,19). The zero-order valence-electron chi connectivity index (χ0n) is 12.3. The normalized spacial score (nSPS) is 10.7. The predicted octanol–water partition coefficient (Wildman–Crippen LogP) is 5.71. The summed E-state index contributed by atoms with van der Waals surface area (Å²) in [6.07, 6.45) is 10.9. The molecule has 3 heteroatoms. The molecule has 0 aromatic carbocycles. The van der Waals surface area contributed by atoms with Crippen molar-refractivity contribution in [3.63, 3.8) is 0 Å². The number of anilines is 1. The molecule has 0 radical (unpaired) electrons. The lowest BCUT2D eigenvalue weighted by molar-refractivity contribution is 0.581. The molecule has 0 saturated heterocycles. The quantitative estimate of drug-likeness (QED) is 0.557. The molecule has 1 aromatic heterocycles. The van der Waals surface area contributed by atoms with Gasteiger partial charge in [-0.1, -0.05) is 51.9 Å². The van der Waals surface area contributed by atoms with E-state index in [-0.39, 0.29) is 0 Å². The zero-order valence-corrected chi connectivity index (χ0v) is 13.9. The number of hydrogen-bond acceptors (Lipinski definition) is 2. The van der Waals surface area contributed by atoms with Gasteiger partial charge in [0.25, 0.3) is 0 Å². The van der Waals surface area contributed by atoms with Crippen LogP contribution in [-0.2, 0) is 0 Å². The molecule has 0 saturated carbocycles. The van der Waals surface area contributed by atoms with E-state index < -0.39 is 0 Å². The minimum absolute atomic E-state index is 0.989. The van der Waals surface area contributed by atoms with Gasteiger partial charge >= 0.3 is 0 Å². The van der Waals surface area contributed by atoms with Crippen LogP contribution in [0.2, 0.25) is 0 Å². The smallest absolute Gasteiger partial charge is 0.126 e. The van der Waals surface area contributed by atoms with E-state index in [2.05, 4.69) is 39.2 Å². The van der Waals surface area contributed by atoms with Crippen LogP contribution in [0.3, 0.4) is 0 Å². The van der Waals surface area contributed by atoms with Gasteiger partial charge in [0.2, 0.25) is 0 Å². The van der Waals surface area contributed by atoms with Crippen LogP contribution in [0.15, 0.2) is 16.6 Å². The zero-order chi connectivity index (χ0) is 13.9. The number of nitrogens with one attached hydrogen (secondary N) is 1. The number of rotatable bonds is 10. The Hall–Kier alpha value is -0.570. The number of unbranched alkanes of at least 4 members (excludes halogenated alkanes) is 7. The van der Waals surface area contributed by atoms with Crippen LogP contribution < -0.4 is 5.32 Å². The van der Waals surface area contributed by atoms with Crippen LogP contribution >= 0.6 is 15.9 Å². The van der Waals surface area contributed by atoms with Crippen LogP contribution in [-0.4, -0.2) is 11.5 Å². The topological polar surface area (TPSA) is 24.9 Å². The predicted molar refractivity (Wildman–Crippen MR) is 87.8 cm³/mol. The summed E-state index contributed by atoms with van der Waals surface area (Å²) in [6.45, 7) is 5.32. The van der Waals surface area contributed by atoms with Gasteiger partial charge in [0.1, 0.15) is 5.82 Å². The molecule has 2 nitrogen and oxygen atoms in total. The van der Waals surface area contributed by atoms with E-state index in [1.165, 1.54) is 51.4 Å². The summed E-state index contributed by atoms with van der Waals surface area (Å²) in [5.41, 5.74) is 1.04. The number of halogens is 1. The third-order valence-electron chi connectivity index (χ3n) is 3.36. The fourth-order valence-electron chi connectivity index (χ4n) is 2.12. The Kier molecular flexibility index (Phi) is 8.89. The van der Waals surface area contributed by atoms with E-state index in [9.17, 15) is 0 Å². The SMILES string of the molecule is CCCCCCCCCCNc1ccc(Br)c(C)n1. The van der Waals surface area contributed by atoms with Gasteiger partial charge in [0.05, 0.1) is 5.69 Å². The lowest BCUT2D eigenvalue weighted by Crippen LogP contribution is -2.03. The number of hydrogen-bond donors (Lipinski definition) is 1. The Labute approximate surface area is 126 Å². The Bertz CT molecular complexity index is 353. The van der Waals surface area contributed by atoms with Crippen LogP contribution in [0, 0.1) is 6.92 Å². The highest BCUT2D eigenvalue weighted by Gasteiger charge is 1.98. The van der Waals surface area contributed by atoms with E-state index in [1.54, 1.807) is 0 Å². The van der Waals surface area contributed by atoms with Crippen molar-refractivity contribution in [1.29, 1.82) is 0 Å². The molecule has 0 spiro atoms. The maximum Gasteiger partial charge on any atom is 0.126 e. The molecule has 0 aliphatic rings. The van der Waals surface area contributed by atoms with Crippen LogP contribution in [0.1, 0.15) is 64.0 Å². The van der Waals surface area contributed by atoms with Crippen molar-refractivity contribution in [2.45, 2.75) is 65.2 Å². The molecule has 108 valence electrons. The first kappa shape index (κ1) is 16.5. The minimum Gasteiger partial charge on any atom is -0.370 e. The number of aromatic nitrogens is 1. The molecular weight excluding hydrogens is 300 g/mol. The Balaban J connectivity index is 2.00. The van der Waals surface area contributed by atoms with Gasteiger partial charge in [0, 0.05) is 11.0 Å². The summed E-state index contributed by atoms with van der Waals surface area (Å²) in [7, 11) is 0. The summed E-state index contributed by atoms with van der Waals surface area (Å²) in [4.78, 5) is 4.48. The molecule has 1 rings (SSSR count). The van der Waals surface area contributed by atoms with Gasteiger partial charge in [-0.2, -0.15) is 0 Å². The second-order valence-corrected chi connectivity index (χ2v) is 6.02. The fourth-order valence-corrected chi connectivity index (χ4v) is 2.34. The highest BCUT2D eigenvalue weighted by atomic mass is 79.9. The Morgan fingerprint density at radius 3 is 2.26 bits per heavy atom. The van der Waals surface area contributed by atoms with Gasteiger partial charge in [-0.05, 0) is 41.4 Å². The third kappa shape index (κ3) is 7.56. The first-order valence-electron chi connectivity index (χ1n) is 7.61. The monoisotopic (exact) mass is 326 g/mol. The van der Waals surface area contributed by atoms with Crippen LogP contribution in [0.4, 0.5) is 5.82 Å². The highest BCUT2D eigenvalue weighted by Crippen LogP contribution is 2.16. The summed E-state index contributed by atoms with van der Waals surface area (Å²) < 4.78 is 1.07. The molecule has 0 fully saturated rings. The average molecular weight is 327 g/mol. The Morgan fingerprint density at radius 2 is 1.63 bits per heavy atom. The first-order chi connectivity index (χ1) is 9.24. The molecule has 1 aromatic rings. The molecule has 0 aliphatic carbocycles. The molecule has 0 atom stereocenters. The summed E-state index contributed by atoms with van der Waals surface area (Å²) in [5, 5.41) is 3.39. The van der Waals surface area contributed by atoms with Gasteiger partial charge in [-0.3, -0.25) is 0 Å². The summed E-state index contributed by atoms with van der Waals surface area (Å²) >= 11 is 3.47. The van der Waals surface area contributed by atoms with Crippen molar-refractivity contribution < 1.29 is 0 Å². The third-order valence-corrected chi connectivity index (χ3v) is 4.20. The van der Waals surface area contributed by atoms with Crippen LogP contribution in [0.5, 0.6) is 0 Å². The molecule has 0 unspecified atom stereocenters. The largest absolute Gasteiger partial charge is 0.370 e. The van der Waals surface area contributed by atoms with Gasteiger partial charge in [0.15, 0.2) is 0 Å².